The molecular weight excluding hydrogens is 244 g/mol. The fraction of sp³-hybridized carbons (Fsp3) is 0.467. The highest BCUT2D eigenvalue weighted by Crippen LogP contribution is 2.44. The van der Waals surface area contributed by atoms with Gasteiger partial charge in [0.1, 0.15) is 0 Å². The van der Waals surface area contributed by atoms with E-state index in [4.69, 9.17) is 17.3 Å². The SMILES string of the molecule is Cc1cc2c(Cl)c(C3(CN)CCCC3)ccc2[nH]1. The predicted molar refractivity (Wildman–Crippen MR) is 77.2 cm³/mol. The van der Waals surface area contributed by atoms with Crippen LogP contribution in [0.3, 0.4) is 0 Å². The molecule has 3 N–H and O–H groups in total. The van der Waals surface area contributed by atoms with Gasteiger partial charge in [-0.15, -0.1) is 0 Å². The Hall–Kier alpha value is -0.990. The van der Waals surface area contributed by atoms with E-state index in [0.717, 1.165) is 34.5 Å². The Morgan fingerprint density at radius 1 is 1.33 bits per heavy atom. The third-order valence-electron chi connectivity index (χ3n) is 4.40. The van der Waals surface area contributed by atoms with Gasteiger partial charge in [0, 0.05) is 28.6 Å². The molecule has 1 aliphatic rings. The maximum Gasteiger partial charge on any atom is 0.0538 e. The smallest absolute Gasteiger partial charge is 0.0538 e. The van der Waals surface area contributed by atoms with Crippen LogP contribution in [0.25, 0.3) is 10.9 Å². The zero-order chi connectivity index (χ0) is 12.8. The average Bonchev–Trinajstić information content (AvgIpc) is 2.96. The number of aromatic nitrogens is 1. The molecule has 2 nitrogen and oxygen atoms in total. The minimum atomic E-state index is 0.108. The number of nitrogens with one attached hydrogen (secondary N) is 1. The molecule has 3 rings (SSSR count). The lowest BCUT2D eigenvalue weighted by Gasteiger charge is -2.29. The van der Waals surface area contributed by atoms with Gasteiger partial charge in [-0.1, -0.05) is 30.5 Å². The molecule has 1 aliphatic carbocycles. The molecule has 0 saturated heterocycles. The van der Waals surface area contributed by atoms with Crippen molar-refractivity contribution in [2.24, 2.45) is 5.73 Å². The summed E-state index contributed by atoms with van der Waals surface area (Å²) in [7, 11) is 0. The summed E-state index contributed by atoms with van der Waals surface area (Å²) in [5.74, 6) is 0. The normalized spacial score (nSPS) is 18.6. The lowest BCUT2D eigenvalue weighted by atomic mass is 9.78. The number of hydrogen-bond donors (Lipinski definition) is 2. The summed E-state index contributed by atoms with van der Waals surface area (Å²) >= 11 is 6.63. The second kappa shape index (κ2) is 4.29. The van der Waals surface area contributed by atoms with Gasteiger partial charge in [0.2, 0.25) is 0 Å². The van der Waals surface area contributed by atoms with Gasteiger partial charge in [-0.05, 0) is 37.5 Å². The monoisotopic (exact) mass is 262 g/mol. The Morgan fingerprint density at radius 3 is 2.72 bits per heavy atom. The molecule has 2 aromatic rings. The maximum atomic E-state index is 6.63. The Bertz CT molecular complexity index is 579. The van der Waals surface area contributed by atoms with Gasteiger partial charge in [0.15, 0.2) is 0 Å². The van der Waals surface area contributed by atoms with Crippen LogP contribution in [-0.2, 0) is 5.41 Å². The first-order chi connectivity index (χ1) is 8.66. The fourth-order valence-electron chi connectivity index (χ4n) is 3.35. The maximum absolute atomic E-state index is 6.63. The number of fused-ring (bicyclic) bond motifs is 1. The fourth-order valence-corrected chi connectivity index (χ4v) is 3.77. The Balaban J connectivity index is 2.19. The van der Waals surface area contributed by atoms with Crippen molar-refractivity contribution in [1.82, 2.24) is 4.98 Å². The van der Waals surface area contributed by atoms with Crippen LogP contribution in [0, 0.1) is 6.92 Å². The molecule has 3 heteroatoms. The van der Waals surface area contributed by atoms with Crippen molar-refractivity contribution < 1.29 is 0 Å². The summed E-state index contributed by atoms with van der Waals surface area (Å²) in [6.07, 6.45) is 4.85. The Kier molecular flexibility index (Phi) is 2.87. The molecule has 18 heavy (non-hydrogen) atoms. The first kappa shape index (κ1) is 12.1. The third kappa shape index (κ3) is 1.67. The van der Waals surface area contributed by atoms with Crippen LogP contribution in [0.15, 0.2) is 18.2 Å². The summed E-state index contributed by atoms with van der Waals surface area (Å²) in [6.45, 7) is 2.76. The van der Waals surface area contributed by atoms with Crippen molar-refractivity contribution in [3.05, 3.63) is 34.5 Å². The molecule has 1 saturated carbocycles. The first-order valence-corrected chi connectivity index (χ1v) is 7.02. The van der Waals surface area contributed by atoms with E-state index < -0.39 is 0 Å². The van der Waals surface area contributed by atoms with E-state index in [1.165, 1.54) is 18.4 Å². The van der Waals surface area contributed by atoms with Crippen LogP contribution in [-0.4, -0.2) is 11.5 Å². The second-order valence-corrected chi connectivity index (χ2v) is 5.91. The molecule has 0 aliphatic heterocycles. The van der Waals surface area contributed by atoms with Crippen LogP contribution < -0.4 is 5.73 Å². The van der Waals surface area contributed by atoms with Crippen molar-refractivity contribution in [2.45, 2.75) is 38.0 Å². The molecule has 0 unspecified atom stereocenters. The van der Waals surface area contributed by atoms with E-state index in [0.29, 0.717) is 6.54 Å². The van der Waals surface area contributed by atoms with Gasteiger partial charge in [-0.3, -0.25) is 0 Å². The van der Waals surface area contributed by atoms with Crippen molar-refractivity contribution in [1.29, 1.82) is 0 Å². The third-order valence-corrected chi connectivity index (χ3v) is 4.80. The quantitative estimate of drug-likeness (QED) is 0.847. The van der Waals surface area contributed by atoms with E-state index >= 15 is 0 Å². The van der Waals surface area contributed by atoms with Crippen molar-refractivity contribution in [3.8, 4) is 0 Å². The first-order valence-electron chi connectivity index (χ1n) is 6.65. The molecule has 1 aromatic heterocycles. The largest absolute Gasteiger partial charge is 0.359 e. The van der Waals surface area contributed by atoms with E-state index in [1.54, 1.807) is 0 Å². The number of benzene rings is 1. The number of H-pyrrole nitrogens is 1. The minimum Gasteiger partial charge on any atom is -0.359 e. The van der Waals surface area contributed by atoms with Gasteiger partial charge in [0.05, 0.1) is 5.02 Å². The number of nitrogens with two attached hydrogens (primary N) is 1. The highest BCUT2D eigenvalue weighted by atomic mass is 35.5. The van der Waals surface area contributed by atoms with Gasteiger partial charge < -0.3 is 10.7 Å². The summed E-state index contributed by atoms with van der Waals surface area (Å²) in [6, 6.07) is 6.43. The lowest BCUT2D eigenvalue weighted by Crippen LogP contribution is -2.32. The van der Waals surface area contributed by atoms with E-state index in [9.17, 15) is 0 Å². The number of rotatable bonds is 2. The van der Waals surface area contributed by atoms with Gasteiger partial charge in [-0.2, -0.15) is 0 Å². The molecule has 96 valence electrons. The highest BCUT2D eigenvalue weighted by Gasteiger charge is 2.36. The van der Waals surface area contributed by atoms with Crippen LogP contribution in [0.2, 0.25) is 5.02 Å². The number of halogens is 1. The summed E-state index contributed by atoms with van der Waals surface area (Å²) in [5, 5.41) is 2.02. The van der Waals surface area contributed by atoms with E-state index in [-0.39, 0.29) is 5.41 Å². The molecule has 0 bridgehead atoms. The number of hydrogen-bond acceptors (Lipinski definition) is 1. The van der Waals surface area contributed by atoms with Crippen molar-refractivity contribution >= 4 is 22.5 Å². The van der Waals surface area contributed by atoms with Crippen molar-refractivity contribution in [2.75, 3.05) is 6.54 Å². The summed E-state index contributed by atoms with van der Waals surface area (Å²) < 4.78 is 0. The summed E-state index contributed by atoms with van der Waals surface area (Å²) in [4.78, 5) is 3.33. The molecular formula is C15H19ClN2. The second-order valence-electron chi connectivity index (χ2n) is 5.53. The van der Waals surface area contributed by atoms with E-state index in [2.05, 4.69) is 30.1 Å². The average molecular weight is 263 g/mol. The molecule has 1 heterocycles. The zero-order valence-corrected chi connectivity index (χ0v) is 11.5. The zero-order valence-electron chi connectivity index (χ0n) is 10.7. The van der Waals surface area contributed by atoms with Crippen LogP contribution >= 0.6 is 11.6 Å². The molecule has 1 aromatic carbocycles. The van der Waals surface area contributed by atoms with Gasteiger partial charge in [-0.25, -0.2) is 0 Å². The summed E-state index contributed by atoms with van der Waals surface area (Å²) in [5.41, 5.74) is 9.67. The van der Waals surface area contributed by atoms with Crippen LogP contribution in [0.5, 0.6) is 0 Å². The topological polar surface area (TPSA) is 41.8 Å². The number of aryl methyl sites for hydroxylation is 1. The lowest BCUT2D eigenvalue weighted by molar-refractivity contribution is 0.454. The molecule has 1 fully saturated rings. The number of aromatic amines is 1. The molecule has 0 amide bonds. The Labute approximate surface area is 113 Å². The molecule has 0 spiro atoms. The minimum absolute atomic E-state index is 0.108. The standard InChI is InChI=1S/C15H19ClN2/c1-10-8-11-13(18-10)5-4-12(14(11)16)15(9-17)6-2-3-7-15/h4-5,8,18H,2-3,6-7,9,17H2,1H3. The van der Waals surface area contributed by atoms with E-state index in [1.807, 2.05) is 0 Å². The molecule has 0 radical (unpaired) electrons. The van der Waals surface area contributed by atoms with Crippen LogP contribution in [0.4, 0.5) is 0 Å². The van der Waals surface area contributed by atoms with Crippen LogP contribution in [0.1, 0.15) is 36.9 Å². The van der Waals surface area contributed by atoms with Gasteiger partial charge >= 0.3 is 0 Å². The van der Waals surface area contributed by atoms with Gasteiger partial charge in [0.25, 0.3) is 0 Å². The predicted octanol–water partition coefficient (Wildman–Crippen LogP) is 3.90. The molecule has 0 atom stereocenters. The Morgan fingerprint density at radius 2 is 2.06 bits per heavy atom. The van der Waals surface area contributed by atoms with Crippen molar-refractivity contribution in [3.63, 3.8) is 0 Å². The highest BCUT2D eigenvalue weighted by molar-refractivity contribution is 6.36.